The van der Waals surface area contributed by atoms with E-state index in [9.17, 15) is 4.79 Å². The monoisotopic (exact) mass is 470 g/mol. The number of rotatable bonds is 5. The summed E-state index contributed by atoms with van der Waals surface area (Å²) in [6.45, 7) is 0. The fourth-order valence-electron chi connectivity index (χ4n) is 3.71. The molecule has 0 saturated carbocycles. The molecule has 3 aromatic carbocycles. The molecule has 0 spiro atoms. The zero-order chi connectivity index (χ0) is 23.7. The minimum Gasteiger partial charge on any atom is -0.497 e. The summed E-state index contributed by atoms with van der Waals surface area (Å²) in [5.41, 5.74) is 4.46. The van der Waals surface area contributed by atoms with Gasteiger partial charge in [0.1, 0.15) is 17.2 Å². The van der Waals surface area contributed by atoms with Crippen LogP contribution < -0.4 is 14.8 Å². The Hall–Kier alpha value is -4.23. The van der Waals surface area contributed by atoms with Gasteiger partial charge in [-0.2, -0.15) is 0 Å². The van der Waals surface area contributed by atoms with Crippen LogP contribution in [0.4, 0.5) is 11.6 Å². The number of anilines is 1. The predicted molar refractivity (Wildman–Crippen MR) is 132 cm³/mol. The molecule has 0 bridgehead atoms. The van der Waals surface area contributed by atoms with Crippen molar-refractivity contribution in [3.8, 4) is 34.0 Å². The van der Waals surface area contributed by atoms with Crippen molar-refractivity contribution in [3.63, 3.8) is 0 Å². The lowest BCUT2D eigenvalue weighted by molar-refractivity contribution is -0.110. The van der Waals surface area contributed by atoms with Gasteiger partial charge in [0.2, 0.25) is 0 Å². The SMILES string of the molecule is COc1ccc(-c2cc(-c3ccc(Cl)cc3)nc(/N=C3\C(=O)Nc4ccccc43)n2)c(OC)c1. The number of fused-ring (bicyclic) bond motifs is 1. The molecular formula is C26H19ClN4O3. The zero-order valence-electron chi connectivity index (χ0n) is 18.4. The number of methoxy groups -OCH3 is 2. The number of nitrogens with zero attached hydrogens (tertiary/aromatic N) is 3. The van der Waals surface area contributed by atoms with Crippen molar-refractivity contribution in [1.29, 1.82) is 0 Å². The first-order chi connectivity index (χ1) is 16.6. The average molecular weight is 471 g/mol. The second-order valence-electron chi connectivity index (χ2n) is 7.47. The molecule has 0 saturated heterocycles. The first-order valence-electron chi connectivity index (χ1n) is 10.4. The fraction of sp³-hybridized carbons (Fsp3) is 0.0769. The van der Waals surface area contributed by atoms with Crippen LogP contribution in [-0.4, -0.2) is 35.8 Å². The van der Waals surface area contributed by atoms with Crippen LogP contribution in [-0.2, 0) is 4.79 Å². The summed E-state index contributed by atoms with van der Waals surface area (Å²) in [7, 11) is 3.18. The van der Waals surface area contributed by atoms with Gasteiger partial charge < -0.3 is 14.8 Å². The number of ether oxygens (including phenoxy) is 2. The highest BCUT2D eigenvalue weighted by atomic mass is 35.5. The minimum atomic E-state index is -0.301. The summed E-state index contributed by atoms with van der Waals surface area (Å²) in [5, 5.41) is 3.44. The lowest BCUT2D eigenvalue weighted by Crippen LogP contribution is -2.14. The largest absolute Gasteiger partial charge is 0.497 e. The third-order valence-electron chi connectivity index (χ3n) is 5.40. The number of para-hydroxylation sites is 1. The zero-order valence-corrected chi connectivity index (χ0v) is 19.1. The van der Waals surface area contributed by atoms with Crippen LogP contribution in [0.2, 0.25) is 5.02 Å². The maximum Gasteiger partial charge on any atom is 0.275 e. The van der Waals surface area contributed by atoms with E-state index in [-0.39, 0.29) is 17.6 Å². The number of aromatic nitrogens is 2. The lowest BCUT2D eigenvalue weighted by Gasteiger charge is -2.12. The Morgan fingerprint density at radius 1 is 0.853 bits per heavy atom. The van der Waals surface area contributed by atoms with Gasteiger partial charge in [-0.1, -0.05) is 41.9 Å². The van der Waals surface area contributed by atoms with E-state index in [4.69, 9.17) is 21.1 Å². The molecule has 5 rings (SSSR count). The first-order valence-corrected chi connectivity index (χ1v) is 10.8. The summed E-state index contributed by atoms with van der Waals surface area (Å²) < 4.78 is 10.9. The molecule has 0 unspecified atom stereocenters. The van der Waals surface area contributed by atoms with Crippen molar-refractivity contribution >= 4 is 34.9 Å². The van der Waals surface area contributed by atoms with E-state index in [2.05, 4.69) is 20.3 Å². The number of halogens is 1. The molecule has 1 N–H and O–H groups in total. The fourth-order valence-corrected chi connectivity index (χ4v) is 3.84. The highest BCUT2D eigenvalue weighted by Crippen LogP contribution is 2.35. The van der Waals surface area contributed by atoms with Crippen LogP contribution in [0.5, 0.6) is 11.5 Å². The molecule has 8 heteroatoms. The van der Waals surface area contributed by atoms with E-state index in [0.717, 1.165) is 11.1 Å². The van der Waals surface area contributed by atoms with Crippen molar-refractivity contribution in [2.45, 2.75) is 0 Å². The molecule has 2 heterocycles. The van der Waals surface area contributed by atoms with Crippen molar-refractivity contribution in [2.75, 3.05) is 19.5 Å². The van der Waals surface area contributed by atoms with Crippen molar-refractivity contribution in [3.05, 3.63) is 83.4 Å². The quantitative estimate of drug-likeness (QED) is 0.413. The van der Waals surface area contributed by atoms with E-state index in [1.807, 2.05) is 54.6 Å². The van der Waals surface area contributed by atoms with Gasteiger partial charge in [0, 0.05) is 27.8 Å². The summed E-state index contributed by atoms with van der Waals surface area (Å²) in [6.07, 6.45) is 0. The Labute approximate surface area is 201 Å². The van der Waals surface area contributed by atoms with E-state index >= 15 is 0 Å². The number of amides is 1. The Bertz CT molecular complexity index is 1430. The molecule has 0 fully saturated rings. The van der Waals surface area contributed by atoms with Crippen LogP contribution in [0.15, 0.2) is 77.8 Å². The molecule has 1 aromatic heterocycles. The smallest absolute Gasteiger partial charge is 0.275 e. The molecule has 0 aliphatic carbocycles. The molecule has 1 aliphatic rings. The van der Waals surface area contributed by atoms with Gasteiger partial charge in [0.05, 0.1) is 31.3 Å². The third-order valence-corrected chi connectivity index (χ3v) is 5.65. The number of hydrogen-bond donors (Lipinski definition) is 1. The van der Waals surface area contributed by atoms with Gasteiger partial charge in [-0.3, -0.25) is 4.79 Å². The molecule has 168 valence electrons. The standard InChI is InChI=1S/C26H19ClN4O3/c1-33-17-11-12-18(23(13-17)34-2)22-14-21(15-7-9-16(27)10-8-15)29-26(30-22)31-24-19-5-3-4-6-20(19)28-25(24)32/h3-14H,1-2H3,(H,28,29,30,31,32). The summed E-state index contributed by atoms with van der Waals surface area (Å²) in [4.78, 5) is 26.4. The van der Waals surface area contributed by atoms with E-state index in [1.165, 1.54) is 0 Å². The maximum atomic E-state index is 12.6. The average Bonchev–Trinajstić information content (AvgIpc) is 3.18. The summed E-state index contributed by atoms with van der Waals surface area (Å²) in [6, 6.07) is 22.0. The maximum absolute atomic E-state index is 12.6. The van der Waals surface area contributed by atoms with Crippen molar-refractivity contribution in [1.82, 2.24) is 9.97 Å². The number of carbonyl (C=O) groups excluding carboxylic acids is 1. The van der Waals surface area contributed by atoms with Crippen LogP contribution in [0.1, 0.15) is 5.56 Å². The minimum absolute atomic E-state index is 0.155. The highest BCUT2D eigenvalue weighted by Gasteiger charge is 2.26. The number of carbonyl (C=O) groups is 1. The van der Waals surface area contributed by atoms with Crippen molar-refractivity contribution in [2.24, 2.45) is 4.99 Å². The van der Waals surface area contributed by atoms with Crippen LogP contribution >= 0.6 is 11.6 Å². The Balaban J connectivity index is 1.69. The lowest BCUT2D eigenvalue weighted by atomic mass is 10.1. The number of aliphatic imine (C=N–C) groups is 1. The van der Waals surface area contributed by atoms with Crippen molar-refractivity contribution < 1.29 is 14.3 Å². The molecular weight excluding hydrogens is 452 g/mol. The number of benzene rings is 3. The molecule has 4 aromatic rings. The van der Waals surface area contributed by atoms with Crippen LogP contribution in [0, 0.1) is 0 Å². The number of hydrogen-bond acceptors (Lipinski definition) is 6. The van der Waals surface area contributed by atoms with Gasteiger partial charge in [-0.15, -0.1) is 0 Å². The van der Waals surface area contributed by atoms with Gasteiger partial charge in [-0.25, -0.2) is 15.0 Å². The van der Waals surface area contributed by atoms with Gasteiger partial charge >= 0.3 is 0 Å². The van der Waals surface area contributed by atoms with Crippen LogP contribution in [0.3, 0.4) is 0 Å². The van der Waals surface area contributed by atoms with E-state index in [0.29, 0.717) is 39.2 Å². The predicted octanol–water partition coefficient (Wildman–Crippen LogP) is 5.55. The van der Waals surface area contributed by atoms with Gasteiger partial charge in [0.15, 0.2) is 0 Å². The Morgan fingerprint density at radius 3 is 2.38 bits per heavy atom. The van der Waals surface area contributed by atoms with Crippen LogP contribution in [0.25, 0.3) is 22.5 Å². The number of nitrogens with one attached hydrogen (secondary N) is 1. The van der Waals surface area contributed by atoms with E-state index < -0.39 is 0 Å². The van der Waals surface area contributed by atoms with Gasteiger partial charge in [-0.05, 0) is 36.4 Å². The molecule has 0 atom stereocenters. The molecule has 1 amide bonds. The Morgan fingerprint density at radius 2 is 1.62 bits per heavy atom. The highest BCUT2D eigenvalue weighted by molar-refractivity contribution is 6.54. The first kappa shape index (κ1) is 21.6. The second-order valence-corrected chi connectivity index (χ2v) is 7.91. The third kappa shape index (κ3) is 4.09. The molecule has 7 nitrogen and oxygen atoms in total. The van der Waals surface area contributed by atoms with Gasteiger partial charge in [0.25, 0.3) is 11.9 Å². The molecule has 34 heavy (non-hydrogen) atoms. The topological polar surface area (TPSA) is 85.7 Å². The normalized spacial score (nSPS) is 13.5. The van der Waals surface area contributed by atoms with E-state index in [1.54, 1.807) is 32.4 Å². The second kappa shape index (κ2) is 8.96. The summed E-state index contributed by atoms with van der Waals surface area (Å²) >= 11 is 6.08. The molecule has 1 aliphatic heterocycles. The Kier molecular flexibility index (Phi) is 5.69. The summed E-state index contributed by atoms with van der Waals surface area (Å²) in [5.74, 6) is 1.10. The molecule has 0 radical (unpaired) electrons.